The summed E-state index contributed by atoms with van der Waals surface area (Å²) < 4.78 is 0. The van der Waals surface area contributed by atoms with Crippen LogP contribution >= 0.6 is 0 Å². The zero-order chi connectivity index (χ0) is 9.38. The molecule has 2 nitrogen and oxygen atoms in total. The summed E-state index contributed by atoms with van der Waals surface area (Å²) in [6, 6.07) is 9.28. The first-order valence-electron chi connectivity index (χ1n) is 4.43. The Morgan fingerprint density at radius 3 is 2.86 bits per heavy atom. The second kappa shape index (κ2) is 2.77. The molecule has 0 atom stereocenters. The van der Waals surface area contributed by atoms with Crippen molar-refractivity contribution in [2.24, 2.45) is 0 Å². The largest absolute Gasteiger partial charge is 0.264 e. The van der Waals surface area contributed by atoms with E-state index in [9.17, 15) is 0 Å². The molecule has 1 radical (unpaired) electrons. The fourth-order valence-corrected chi connectivity index (χ4v) is 1.67. The van der Waals surface area contributed by atoms with Crippen molar-refractivity contribution < 1.29 is 0 Å². The number of aromatic nitrogens is 2. The third-order valence-corrected chi connectivity index (χ3v) is 2.35. The van der Waals surface area contributed by atoms with Gasteiger partial charge in [0.25, 0.3) is 0 Å². The lowest BCUT2D eigenvalue weighted by Gasteiger charge is -2.00. The summed E-state index contributed by atoms with van der Waals surface area (Å²) in [5.74, 6) is 0. The lowest BCUT2D eigenvalue weighted by atomic mass is 10.1. The fourth-order valence-electron chi connectivity index (χ4n) is 1.67. The van der Waals surface area contributed by atoms with E-state index in [1.54, 1.807) is 12.4 Å². The Morgan fingerprint density at radius 2 is 1.86 bits per heavy atom. The van der Waals surface area contributed by atoms with Crippen LogP contribution in [0.4, 0.5) is 0 Å². The minimum absolute atomic E-state index is 1.09. The minimum Gasteiger partial charge on any atom is -0.264 e. The molecule has 2 heteroatoms. The van der Waals surface area contributed by atoms with Crippen molar-refractivity contribution in [1.29, 1.82) is 0 Å². The number of hydrogen-bond donors (Lipinski definition) is 0. The molecule has 2 heterocycles. The Kier molecular flexibility index (Phi) is 1.47. The maximum absolute atomic E-state index is 4.12. The molecule has 65 valence electrons. The molecule has 0 fully saturated rings. The lowest BCUT2D eigenvalue weighted by Crippen LogP contribution is -1.80. The molecule has 0 saturated heterocycles. The Hall–Kier alpha value is -1.96. The van der Waals surface area contributed by atoms with Gasteiger partial charge in [0.05, 0.1) is 0 Å². The van der Waals surface area contributed by atoms with Gasteiger partial charge in [-0.05, 0) is 11.5 Å². The van der Waals surface area contributed by atoms with Gasteiger partial charge in [-0.2, -0.15) is 0 Å². The normalized spacial score (nSPS) is 10.9. The van der Waals surface area contributed by atoms with Crippen LogP contribution in [0.5, 0.6) is 0 Å². The van der Waals surface area contributed by atoms with Crippen molar-refractivity contribution in [1.82, 2.24) is 9.97 Å². The van der Waals surface area contributed by atoms with Gasteiger partial charge >= 0.3 is 0 Å². The Labute approximate surface area is 81.2 Å². The van der Waals surface area contributed by atoms with E-state index in [1.165, 1.54) is 5.39 Å². The van der Waals surface area contributed by atoms with E-state index in [-0.39, 0.29) is 0 Å². The summed E-state index contributed by atoms with van der Waals surface area (Å²) in [5.41, 5.74) is 0. The number of hydrogen-bond acceptors (Lipinski definition) is 2. The zero-order valence-electron chi connectivity index (χ0n) is 7.44. The van der Waals surface area contributed by atoms with Crippen LogP contribution in [-0.2, 0) is 0 Å². The summed E-state index contributed by atoms with van der Waals surface area (Å²) in [6.45, 7) is 0. The first-order valence-corrected chi connectivity index (χ1v) is 4.43. The van der Waals surface area contributed by atoms with Crippen LogP contribution in [0.15, 0.2) is 43.0 Å². The van der Waals surface area contributed by atoms with Crippen LogP contribution in [0.1, 0.15) is 0 Å². The number of nitrogens with zero attached hydrogens (tertiary/aromatic N) is 2. The second-order valence-corrected chi connectivity index (χ2v) is 3.18. The minimum atomic E-state index is 1.09. The standard InChI is InChI=1S/C12H7N2/c1-2-10-7-13-6-4-11(10)12-8-14-5-3-9(1)12/h1-3,5-8H. The number of pyridine rings is 2. The van der Waals surface area contributed by atoms with Crippen LogP contribution in [0.2, 0.25) is 0 Å². The molecule has 0 aliphatic heterocycles. The van der Waals surface area contributed by atoms with Gasteiger partial charge < -0.3 is 0 Å². The van der Waals surface area contributed by atoms with E-state index in [0.717, 1.165) is 16.2 Å². The summed E-state index contributed by atoms with van der Waals surface area (Å²) >= 11 is 0. The summed E-state index contributed by atoms with van der Waals surface area (Å²) in [5, 5.41) is 4.51. The number of rotatable bonds is 0. The highest BCUT2D eigenvalue weighted by Gasteiger charge is 1.98. The van der Waals surface area contributed by atoms with Gasteiger partial charge in [0.1, 0.15) is 0 Å². The summed E-state index contributed by atoms with van der Waals surface area (Å²) in [7, 11) is 0. The van der Waals surface area contributed by atoms with Crippen molar-refractivity contribution in [3.05, 3.63) is 49.1 Å². The molecule has 0 unspecified atom stereocenters. The third kappa shape index (κ3) is 0.973. The maximum atomic E-state index is 4.12. The van der Waals surface area contributed by atoms with Crippen LogP contribution < -0.4 is 0 Å². The maximum Gasteiger partial charge on any atom is 0.0353 e. The molecule has 0 amide bonds. The fraction of sp³-hybridized carbons (Fsp3) is 0. The summed E-state index contributed by atoms with van der Waals surface area (Å²) in [4.78, 5) is 8.17. The van der Waals surface area contributed by atoms with E-state index < -0.39 is 0 Å². The van der Waals surface area contributed by atoms with E-state index in [4.69, 9.17) is 0 Å². The molecule has 0 bridgehead atoms. The topological polar surface area (TPSA) is 25.8 Å². The molecule has 14 heavy (non-hydrogen) atoms. The summed E-state index contributed by atoms with van der Waals surface area (Å²) in [6.07, 6.45) is 7.20. The molecule has 3 aromatic rings. The highest BCUT2D eigenvalue weighted by molar-refractivity contribution is 6.06. The van der Waals surface area contributed by atoms with Crippen LogP contribution in [-0.4, -0.2) is 9.97 Å². The van der Waals surface area contributed by atoms with Crippen molar-refractivity contribution in [3.8, 4) is 0 Å². The molecule has 0 aliphatic carbocycles. The average molecular weight is 179 g/mol. The Bertz CT molecular complexity index is 547. The number of fused-ring (bicyclic) bond motifs is 3. The van der Waals surface area contributed by atoms with Gasteiger partial charge in [-0.1, -0.05) is 12.1 Å². The quantitative estimate of drug-likeness (QED) is 0.496. The van der Waals surface area contributed by atoms with E-state index in [1.807, 2.05) is 18.5 Å². The SMILES string of the molecule is [c]1cncc2ccc3ccncc3c12. The third-order valence-electron chi connectivity index (χ3n) is 2.35. The first kappa shape index (κ1) is 7.44. The molecule has 1 aromatic carbocycles. The van der Waals surface area contributed by atoms with Crippen molar-refractivity contribution in [2.75, 3.05) is 0 Å². The lowest BCUT2D eigenvalue weighted by molar-refractivity contribution is 1.35. The van der Waals surface area contributed by atoms with Gasteiger partial charge in [0, 0.05) is 47.0 Å². The van der Waals surface area contributed by atoms with E-state index in [2.05, 4.69) is 28.2 Å². The smallest absolute Gasteiger partial charge is 0.0353 e. The highest BCUT2D eigenvalue weighted by Crippen LogP contribution is 2.22. The van der Waals surface area contributed by atoms with Gasteiger partial charge in [-0.25, -0.2) is 0 Å². The van der Waals surface area contributed by atoms with E-state index in [0.29, 0.717) is 0 Å². The van der Waals surface area contributed by atoms with Gasteiger partial charge in [0.15, 0.2) is 0 Å². The predicted octanol–water partition coefficient (Wildman–Crippen LogP) is 2.58. The van der Waals surface area contributed by atoms with Gasteiger partial charge in [0.2, 0.25) is 0 Å². The van der Waals surface area contributed by atoms with Gasteiger partial charge in [-0.15, -0.1) is 0 Å². The molecule has 0 aliphatic rings. The molecule has 3 rings (SSSR count). The molecule has 0 spiro atoms. The second-order valence-electron chi connectivity index (χ2n) is 3.18. The highest BCUT2D eigenvalue weighted by atomic mass is 14.6. The average Bonchev–Trinajstić information content (AvgIpc) is 2.29. The Morgan fingerprint density at radius 1 is 0.929 bits per heavy atom. The molecular weight excluding hydrogens is 172 g/mol. The van der Waals surface area contributed by atoms with Crippen molar-refractivity contribution in [2.45, 2.75) is 0 Å². The molecule has 0 saturated carbocycles. The van der Waals surface area contributed by atoms with Crippen molar-refractivity contribution >= 4 is 21.5 Å². The zero-order valence-corrected chi connectivity index (χ0v) is 7.44. The molecular formula is C12H7N2. The van der Waals surface area contributed by atoms with E-state index >= 15 is 0 Å². The van der Waals surface area contributed by atoms with Crippen LogP contribution in [0.25, 0.3) is 21.5 Å². The molecule has 0 N–H and O–H groups in total. The first-order chi connectivity index (χ1) is 6.95. The van der Waals surface area contributed by atoms with Crippen LogP contribution in [0, 0.1) is 6.07 Å². The van der Waals surface area contributed by atoms with Crippen molar-refractivity contribution in [3.63, 3.8) is 0 Å². The van der Waals surface area contributed by atoms with Crippen LogP contribution in [0.3, 0.4) is 0 Å². The number of benzene rings is 1. The Balaban J connectivity index is 2.61. The monoisotopic (exact) mass is 179 g/mol. The van der Waals surface area contributed by atoms with Gasteiger partial charge in [-0.3, -0.25) is 9.97 Å². The predicted molar refractivity (Wildman–Crippen MR) is 55.9 cm³/mol. The molecule has 2 aromatic heterocycles.